The van der Waals surface area contributed by atoms with Gasteiger partial charge in [-0.3, -0.25) is 4.79 Å². The molecule has 1 N–H and O–H groups in total. The highest BCUT2D eigenvalue weighted by Crippen LogP contribution is 2.32. The van der Waals surface area contributed by atoms with Crippen molar-refractivity contribution in [1.82, 2.24) is 19.9 Å². The van der Waals surface area contributed by atoms with Gasteiger partial charge >= 0.3 is 5.38 Å². The first kappa shape index (κ1) is 17.1. The van der Waals surface area contributed by atoms with E-state index in [9.17, 15) is 13.6 Å². The molecule has 0 spiro atoms. The normalized spacial score (nSPS) is 17.0. The first-order chi connectivity index (χ1) is 11.3. The Morgan fingerprint density at radius 1 is 1.29 bits per heavy atom. The van der Waals surface area contributed by atoms with Crippen molar-refractivity contribution < 1.29 is 13.6 Å². The van der Waals surface area contributed by atoms with Crippen LogP contribution in [0, 0.1) is 6.92 Å². The van der Waals surface area contributed by atoms with Crippen molar-refractivity contribution in [3.8, 4) is 0 Å². The molecule has 130 valence electrons. The van der Waals surface area contributed by atoms with Crippen LogP contribution in [0.2, 0.25) is 0 Å². The third-order valence-corrected chi connectivity index (χ3v) is 4.46. The third kappa shape index (κ3) is 3.66. The van der Waals surface area contributed by atoms with E-state index in [1.807, 2.05) is 0 Å². The summed E-state index contributed by atoms with van der Waals surface area (Å²) in [5.41, 5.74) is 0.129. The van der Waals surface area contributed by atoms with E-state index in [1.54, 1.807) is 6.92 Å². The molecule has 1 aliphatic rings. The van der Waals surface area contributed by atoms with E-state index in [1.165, 1.54) is 25.0 Å². The topological polar surface area (TPSA) is 59.3 Å². The zero-order valence-electron chi connectivity index (χ0n) is 13.4. The molecule has 2 aromatic heterocycles. The number of carbonyl (C=O) groups excluding carboxylic acids is 1. The summed E-state index contributed by atoms with van der Waals surface area (Å²) < 4.78 is 28.1. The number of hydrogen-bond donors (Lipinski definition) is 1. The second-order valence-corrected chi connectivity index (χ2v) is 6.72. The van der Waals surface area contributed by atoms with Gasteiger partial charge in [0.25, 0.3) is 5.91 Å². The van der Waals surface area contributed by atoms with Crippen molar-refractivity contribution in [2.45, 2.75) is 56.9 Å². The highest BCUT2D eigenvalue weighted by atomic mass is 35.5. The number of rotatable bonds is 3. The van der Waals surface area contributed by atoms with Gasteiger partial charge in [-0.05, 0) is 37.4 Å². The minimum absolute atomic E-state index is 0.0690. The molecular weight excluding hydrogens is 338 g/mol. The van der Waals surface area contributed by atoms with Crippen molar-refractivity contribution in [3.05, 3.63) is 29.2 Å². The van der Waals surface area contributed by atoms with E-state index >= 15 is 0 Å². The number of hydrogen-bond acceptors (Lipinski definition) is 3. The molecule has 2 aromatic rings. The molecule has 1 aliphatic carbocycles. The molecule has 1 fully saturated rings. The monoisotopic (exact) mass is 356 g/mol. The maximum atomic E-state index is 13.6. The molecule has 0 aromatic carbocycles. The molecule has 0 aliphatic heterocycles. The second-order valence-electron chi connectivity index (χ2n) is 6.24. The van der Waals surface area contributed by atoms with Crippen LogP contribution in [0.15, 0.2) is 12.1 Å². The smallest absolute Gasteiger partial charge is 0.348 e. The summed E-state index contributed by atoms with van der Waals surface area (Å²) in [6.07, 6.45) is 6.39. The van der Waals surface area contributed by atoms with Crippen LogP contribution in [-0.4, -0.2) is 26.5 Å². The van der Waals surface area contributed by atoms with Crippen LogP contribution in [0.1, 0.15) is 60.4 Å². The number of halogens is 3. The van der Waals surface area contributed by atoms with Crippen molar-refractivity contribution >= 4 is 23.2 Å². The maximum absolute atomic E-state index is 13.6. The fraction of sp³-hybridized carbons (Fsp3) is 0.562. The third-order valence-electron chi connectivity index (χ3n) is 4.27. The number of amides is 1. The second kappa shape index (κ2) is 6.63. The first-order valence-corrected chi connectivity index (χ1v) is 8.48. The SMILES string of the molecule is Cc1cc(C(F)(F)Cl)n2nc(C(=O)NC3CCCCCC3)cc2n1. The highest BCUT2D eigenvalue weighted by Gasteiger charge is 2.32. The van der Waals surface area contributed by atoms with Gasteiger partial charge in [0, 0.05) is 17.8 Å². The van der Waals surface area contributed by atoms with E-state index in [0.717, 1.165) is 30.2 Å². The number of fused-ring (bicyclic) bond motifs is 1. The Morgan fingerprint density at radius 3 is 2.58 bits per heavy atom. The molecule has 0 bridgehead atoms. The van der Waals surface area contributed by atoms with Gasteiger partial charge in [-0.15, -0.1) is 0 Å². The average molecular weight is 357 g/mol. The van der Waals surface area contributed by atoms with Gasteiger partial charge in [-0.25, -0.2) is 9.50 Å². The Balaban J connectivity index is 1.88. The van der Waals surface area contributed by atoms with E-state index in [4.69, 9.17) is 11.6 Å². The quantitative estimate of drug-likeness (QED) is 0.672. The lowest BCUT2D eigenvalue weighted by Crippen LogP contribution is -2.34. The zero-order valence-corrected chi connectivity index (χ0v) is 14.1. The van der Waals surface area contributed by atoms with Crippen LogP contribution in [0.4, 0.5) is 8.78 Å². The summed E-state index contributed by atoms with van der Waals surface area (Å²) in [6.45, 7) is 1.59. The maximum Gasteiger partial charge on any atom is 0.364 e. The number of nitrogens with one attached hydrogen (secondary N) is 1. The van der Waals surface area contributed by atoms with Crippen LogP contribution in [0.3, 0.4) is 0 Å². The highest BCUT2D eigenvalue weighted by molar-refractivity contribution is 6.21. The molecule has 24 heavy (non-hydrogen) atoms. The van der Waals surface area contributed by atoms with Gasteiger partial charge in [-0.2, -0.15) is 13.9 Å². The molecule has 5 nitrogen and oxygen atoms in total. The minimum Gasteiger partial charge on any atom is -0.348 e. The van der Waals surface area contributed by atoms with Crippen LogP contribution in [0.25, 0.3) is 5.65 Å². The predicted octanol–water partition coefficient (Wildman–Crippen LogP) is 3.78. The summed E-state index contributed by atoms with van der Waals surface area (Å²) in [6, 6.07) is 2.68. The Hall–Kier alpha value is -1.76. The largest absolute Gasteiger partial charge is 0.364 e. The standard InChI is InChI=1S/C16H19ClF2N4O/c1-10-8-13(16(17,18)19)23-14(20-10)9-12(22-23)15(24)21-11-6-4-2-3-5-7-11/h8-9,11H,2-7H2,1H3,(H,21,24). The van der Waals surface area contributed by atoms with E-state index in [-0.39, 0.29) is 23.3 Å². The number of carbonyl (C=O) groups is 1. The molecule has 0 unspecified atom stereocenters. The molecule has 8 heteroatoms. The summed E-state index contributed by atoms with van der Waals surface area (Å²) in [4.78, 5) is 16.5. The molecule has 0 atom stereocenters. The molecule has 0 radical (unpaired) electrons. The summed E-state index contributed by atoms with van der Waals surface area (Å²) in [5, 5.41) is 3.34. The number of aryl methyl sites for hydroxylation is 1. The Kier molecular flexibility index (Phi) is 4.71. The Bertz CT molecular complexity index is 748. The fourth-order valence-corrected chi connectivity index (χ4v) is 3.23. The lowest BCUT2D eigenvalue weighted by Gasteiger charge is -2.15. The van der Waals surface area contributed by atoms with Gasteiger partial charge in [-0.1, -0.05) is 25.7 Å². The first-order valence-electron chi connectivity index (χ1n) is 8.10. The van der Waals surface area contributed by atoms with Crippen molar-refractivity contribution in [1.29, 1.82) is 0 Å². The Morgan fingerprint density at radius 2 is 1.96 bits per heavy atom. The summed E-state index contributed by atoms with van der Waals surface area (Å²) in [7, 11) is 0. The van der Waals surface area contributed by atoms with Gasteiger partial charge in [0.15, 0.2) is 11.3 Å². The minimum atomic E-state index is -3.59. The molecule has 1 amide bonds. The van der Waals surface area contributed by atoms with E-state index < -0.39 is 11.1 Å². The van der Waals surface area contributed by atoms with Gasteiger partial charge < -0.3 is 5.32 Å². The lowest BCUT2D eigenvalue weighted by molar-refractivity contribution is 0.0862. The van der Waals surface area contributed by atoms with Gasteiger partial charge in [0.05, 0.1) is 0 Å². The molecule has 3 rings (SSSR count). The summed E-state index contributed by atoms with van der Waals surface area (Å²) >= 11 is 5.15. The zero-order chi connectivity index (χ0) is 17.3. The number of nitrogens with zero attached hydrogens (tertiary/aromatic N) is 3. The van der Waals surface area contributed by atoms with Crippen LogP contribution in [-0.2, 0) is 5.38 Å². The molecule has 1 saturated carbocycles. The van der Waals surface area contributed by atoms with E-state index in [2.05, 4.69) is 15.4 Å². The van der Waals surface area contributed by atoms with Crippen LogP contribution < -0.4 is 5.32 Å². The van der Waals surface area contributed by atoms with Gasteiger partial charge in [0.1, 0.15) is 5.69 Å². The van der Waals surface area contributed by atoms with Gasteiger partial charge in [0.2, 0.25) is 0 Å². The molecular formula is C16H19ClF2N4O. The van der Waals surface area contributed by atoms with Crippen molar-refractivity contribution in [2.24, 2.45) is 0 Å². The number of aromatic nitrogens is 3. The average Bonchev–Trinajstić information content (AvgIpc) is 2.75. The fourth-order valence-electron chi connectivity index (χ4n) is 3.10. The summed E-state index contributed by atoms with van der Waals surface area (Å²) in [5.74, 6) is -0.367. The van der Waals surface area contributed by atoms with Crippen LogP contribution in [0.5, 0.6) is 0 Å². The predicted molar refractivity (Wildman–Crippen MR) is 86.4 cm³/mol. The van der Waals surface area contributed by atoms with Crippen LogP contribution >= 0.6 is 11.6 Å². The van der Waals surface area contributed by atoms with E-state index in [0.29, 0.717) is 5.69 Å². The Labute approximate surface area is 143 Å². The lowest BCUT2D eigenvalue weighted by atomic mass is 10.1. The molecule has 2 heterocycles. The number of alkyl halides is 3. The van der Waals surface area contributed by atoms with Crippen molar-refractivity contribution in [3.63, 3.8) is 0 Å². The van der Waals surface area contributed by atoms with Crippen molar-refractivity contribution in [2.75, 3.05) is 0 Å². The molecule has 0 saturated heterocycles.